The fraction of sp³-hybridized carbons (Fsp3) is 0.115. The molecule has 0 fully saturated rings. The average molecular weight is 494 g/mol. The molecule has 0 spiro atoms. The number of ether oxygens (including phenoxy) is 1. The number of hydrogen-bond acceptors (Lipinski definition) is 4. The maximum absolute atomic E-state index is 12.5. The number of anilines is 2. The first-order chi connectivity index (χ1) is 16.3. The Morgan fingerprint density at radius 2 is 1.65 bits per heavy atom. The summed E-state index contributed by atoms with van der Waals surface area (Å²) in [6.45, 7) is 3.52. The normalized spacial score (nSPS) is 10.9. The molecule has 3 rings (SSSR count). The van der Waals surface area contributed by atoms with E-state index >= 15 is 0 Å². The number of rotatable bonds is 7. The van der Waals surface area contributed by atoms with Gasteiger partial charge in [-0.05, 0) is 61.4 Å². The van der Waals surface area contributed by atoms with Crippen LogP contribution in [-0.2, 0) is 9.59 Å². The summed E-state index contributed by atoms with van der Waals surface area (Å²) in [4.78, 5) is 24.7. The molecule has 0 aliphatic heterocycles. The molecule has 0 atom stereocenters. The number of carbonyl (C=O) groups is 2. The van der Waals surface area contributed by atoms with Gasteiger partial charge in [0.05, 0.1) is 10.0 Å². The number of amides is 2. The lowest BCUT2D eigenvalue weighted by atomic mass is 10.1. The van der Waals surface area contributed by atoms with Crippen molar-refractivity contribution in [3.63, 3.8) is 0 Å². The molecule has 8 heteroatoms. The molecule has 172 valence electrons. The zero-order valence-corrected chi connectivity index (χ0v) is 20.0. The van der Waals surface area contributed by atoms with Gasteiger partial charge in [0, 0.05) is 11.4 Å². The van der Waals surface area contributed by atoms with Crippen LogP contribution >= 0.6 is 23.2 Å². The van der Waals surface area contributed by atoms with Gasteiger partial charge >= 0.3 is 0 Å². The van der Waals surface area contributed by atoms with Crippen LogP contribution in [0.4, 0.5) is 11.4 Å². The fourth-order valence-electron chi connectivity index (χ4n) is 2.99. The van der Waals surface area contributed by atoms with E-state index in [4.69, 9.17) is 27.9 Å². The van der Waals surface area contributed by atoms with Crippen molar-refractivity contribution < 1.29 is 14.3 Å². The Balaban J connectivity index is 1.69. The highest BCUT2D eigenvalue weighted by molar-refractivity contribution is 6.37. The highest BCUT2D eigenvalue weighted by atomic mass is 35.5. The zero-order valence-electron chi connectivity index (χ0n) is 18.5. The van der Waals surface area contributed by atoms with Crippen molar-refractivity contribution in [1.29, 1.82) is 5.26 Å². The summed E-state index contributed by atoms with van der Waals surface area (Å²) in [6, 6.07) is 19.4. The van der Waals surface area contributed by atoms with Crippen LogP contribution in [0.3, 0.4) is 0 Å². The number of para-hydroxylation sites is 1. The van der Waals surface area contributed by atoms with Crippen molar-refractivity contribution in [3.05, 3.63) is 93.0 Å². The lowest BCUT2D eigenvalue weighted by Gasteiger charge is -2.12. The molecular weight excluding hydrogens is 473 g/mol. The van der Waals surface area contributed by atoms with Gasteiger partial charge in [0.1, 0.15) is 11.6 Å². The lowest BCUT2D eigenvalue weighted by molar-refractivity contribution is -0.118. The summed E-state index contributed by atoms with van der Waals surface area (Å²) in [6.07, 6.45) is 1.37. The second-order valence-corrected chi connectivity index (χ2v) is 8.27. The van der Waals surface area contributed by atoms with E-state index in [-0.39, 0.29) is 33.9 Å². The topological polar surface area (TPSA) is 91.2 Å². The fourth-order valence-corrected chi connectivity index (χ4v) is 3.60. The number of carbonyl (C=O) groups excluding carboxylic acids is 2. The van der Waals surface area contributed by atoms with E-state index in [0.29, 0.717) is 16.9 Å². The van der Waals surface area contributed by atoms with Crippen LogP contribution in [-0.4, -0.2) is 18.4 Å². The van der Waals surface area contributed by atoms with Crippen LogP contribution in [0.2, 0.25) is 10.0 Å². The van der Waals surface area contributed by atoms with E-state index in [1.165, 1.54) is 18.2 Å². The van der Waals surface area contributed by atoms with Gasteiger partial charge in [0.2, 0.25) is 0 Å². The first-order valence-electron chi connectivity index (χ1n) is 10.2. The smallest absolute Gasteiger partial charge is 0.266 e. The SMILES string of the molecule is Cc1ccc(NC(=O)/C(C#N)=C\c2cc(Cl)c(OCC(=O)Nc3ccccc3C)c(Cl)c2)cc1. The Morgan fingerprint density at radius 1 is 1.00 bits per heavy atom. The Morgan fingerprint density at radius 3 is 2.26 bits per heavy atom. The lowest BCUT2D eigenvalue weighted by Crippen LogP contribution is -2.20. The number of halogens is 2. The van der Waals surface area contributed by atoms with Crippen LogP contribution in [0.25, 0.3) is 6.08 Å². The molecule has 2 N–H and O–H groups in total. The summed E-state index contributed by atoms with van der Waals surface area (Å²) in [7, 11) is 0. The molecule has 34 heavy (non-hydrogen) atoms. The monoisotopic (exact) mass is 493 g/mol. The number of nitriles is 1. The molecule has 0 radical (unpaired) electrons. The molecule has 0 aliphatic rings. The number of nitrogens with one attached hydrogen (secondary N) is 2. The first-order valence-corrected chi connectivity index (χ1v) is 11.0. The standard InChI is InChI=1S/C26H21Cl2N3O3/c1-16-7-9-20(10-8-16)30-26(33)19(14-29)11-18-12-21(27)25(22(28)13-18)34-15-24(32)31-23-6-4-3-5-17(23)2/h3-13H,15H2,1-2H3,(H,30,33)(H,31,32)/b19-11-. The largest absolute Gasteiger partial charge is 0.481 e. The minimum atomic E-state index is -0.563. The van der Waals surface area contributed by atoms with Crippen LogP contribution < -0.4 is 15.4 Å². The van der Waals surface area contributed by atoms with Gasteiger partial charge in [0.25, 0.3) is 11.8 Å². The van der Waals surface area contributed by atoms with E-state index < -0.39 is 5.91 Å². The number of benzene rings is 3. The van der Waals surface area contributed by atoms with Gasteiger partial charge in [-0.3, -0.25) is 9.59 Å². The third kappa shape index (κ3) is 6.61. The van der Waals surface area contributed by atoms with Crippen LogP contribution in [0.15, 0.2) is 66.2 Å². The van der Waals surface area contributed by atoms with Crippen molar-refractivity contribution in [2.75, 3.05) is 17.2 Å². The van der Waals surface area contributed by atoms with E-state index in [9.17, 15) is 14.9 Å². The van der Waals surface area contributed by atoms with Crippen LogP contribution in [0.1, 0.15) is 16.7 Å². The van der Waals surface area contributed by atoms with Crippen molar-refractivity contribution in [2.24, 2.45) is 0 Å². The molecule has 0 heterocycles. The molecule has 6 nitrogen and oxygen atoms in total. The molecule has 0 aromatic heterocycles. The van der Waals surface area contributed by atoms with Crippen molar-refractivity contribution in [3.8, 4) is 11.8 Å². The molecular formula is C26H21Cl2N3O3. The quantitative estimate of drug-likeness (QED) is 0.304. The molecule has 0 unspecified atom stereocenters. The van der Waals surface area contributed by atoms with E-state index in [1.54, 1.807) is 18.2 Å². The third-order valence-corrected chi connectivity index (χ3v) is 5.33. The minimum Gasteiger partial charge on any atom is -0.481 e. The average Bonchev–Trinajstić information content (AvgIpc) is 2.80. The summed E-state index contributed by atoms with van der Waals surface area (Å²) < 4.78 is 5.52. The second kappa shape index (κ2) is 11.4. The van der Waals surface area contributed by atoms with Gasteiger partial charge in [-0.2, -0.15) is 5.26 Å². The highest BCUT2D eigenvalue weighted by Gasteiger charge is 2.14. The predicted octanol–water partition coefficient (Wildman–Crippen LogP) is 6.17. The number of aryl methyl sites for hydroxylation is 2. The zero-order chi connectivity index (χ0) is 24.7. The molecule has 3 aromatic carbocycles. The maximum Gasteiger partial charge on any atom is 0.266 e. The Hall–Kier alpha value is -3.79. The van der Waals surface area contributed by atoms with E-state index in [2.05, 4.69) is 10.6 Å². The second-order valence-electron chi connectivity index (χ2n) is 7.46. The predicted molar refractivity (Wildman–Crippen MR) is 135 cm³/mol. The van der Waals surface area contributed by atoms with Crippen molar-refractivity contribution in [2.45, 2.75) is 13.8 Å². The van der Waals surface area contributed by atoms with E-state index in [0.717, 1.165) is 11.1 Å². The van der Waals surface area contributed by atoms with Crippen LogP contribution in [0.5, 0.6) is 5.75 Å². The van der Waals surface area contributed by atoms with Gasteiger partial charge in [-0.1, -0.05) is 59.1 Å². The van der Waals surface area contributed by atoms with Crippen LogP contribution in [0, 0.1) is 25.2 Å². The van der Waals surface area contributed by atoms with Gasteiger partial charge < -0.3 is 15.4 Å². The Bertz CT molecular complexity index is 1270. The molecule has 0 bridgehead atoms. The van der Waals surface area contributed by atoms with Crippen molar-refractivity contribution in [1.82, 2.24) is 0 Å². The third-order valence-electron chi connectivity index (χ3n) is 4.77. The molecule has 2 amide bonds. The summed E-state index contributed by atoms with van der Waals surface area (Å²) in [5.41, 5.74) is 3.53. The Kier molecular flexibility index (Phi) is 8.31. The maximum atomic E-state index is 12.5. The molecule has 0 saturated heterocycles. The number of nitrogens with zero attached hydrogens (tertiary/aromatic N) is 1. The molecule has 0 saturated carbocycles. The highest BCUT2D eigenvalue weighted by Crippen LogP contribution is 2.35. The van der Waals surface area contributed by atoms with Crippen molar-refractivity contribution >= 4 is 52.5 Å². The Labute approximate surface area is 207 Å². The first kappa shape index (κ1) is 24.8. The minimum absolute atomic E-state index is 0.126. The van der Waals surface area contributed by atoms with Gasteiger partial charge in [0.15, 0.2) is 12.4 Å². The van der Waals surface area contributed by atoms with Gasteiger partial charge in [-0.25, -0.2) is 0 Å². The molecule has 3 aromatic rings. The summed E-state index contributed by atoms with van der Waals surface area (Å²) >= 11 is 12.6. The van der Waals surface area contributed by atoms with E-state index in [1.807, 2.05) is 50.2 Å². The molecule has 0 aliphatic carbocycles. The summed E-state index contributed by atoms with van der Waals surface area (Å²) in [5, 5.41) is 15.2. The van der Waals surface area contributed by atoms with Gasteiger partial charge in [-0.15, -0.1) is 0 Å². The number of hydrogen-bond donors (Lipinski definition) is 2. The summed E-state index contributed by atoms with van der Waals surface area (Å²) in [5.74, 6) is -0.806.